The highest BCUT2D eigenvalue weighted by molar-refractivity contribution is 6.04. The smallest absolute Gasteiger partial charge is 0.273 e. The van der Waals surface area contributed by atoms with Gasteiger partial charge in [-0.3, -0.25) is 24.7 Å². The highest BCUT2D eigenvalue weighted by Gasteiger charge is 2.22. The van der Waals surface area contributed by atoms with Crippen LogP contribution in [0.5, 0.6) is 0 Å². The van der Waals surface area contributed by atoms with E-state index in [0.29, 0.717) is 41.1 Å². The molecule has 166 valence electrons. The van der Waals surface area contributed by atoms with Gasteiger partial charge in [0.2, 0.25) is 5.95 Å². The van der Waals surface area contributed by atoms with Gasteiger partial charge in [-0.2, -0.15) is 9.78 Å². The lowest BCUT2D eigenvalue weighted by Gasteiger charge is -2.09. The molecule has 3 aromatic heterocycles. The molecule has 0 bridgehead atoms. The van der Waals surface area contributed by atoms with Gasteiger partial charge in [0.15, 0.2) is 5.76 Å². The second-order valence-electron chi connectivity index (χ2n) is 7.68. The van der Waals surface area contributed by atoms with Crippen molar-refractivity contribution in [2.45, 2.75) is 26.2 Å². The van der Waals surface area contributed by atoms with Crippen molar-refractivity contribution < 1.29 is 14.1 Å². The largest absolute Gasteiger partial charge is 0.463 e. The number of nitro benzene ring substituents is 1. The number of nitrogens with zero attached hydrogens (tertiary/aromatic N) is 4. The average Bonchev–Trinajstić information content (AvgIpc) is 3.54. The van der Waals surface area contributed by atoms with Crippen LogP contribution in [0, 0.1) is 17.0 Å². The first-order valence-corrected chi connectivity index (χ1v) is 10.2. The molecular formula is C22H18N6O5. The van der Waals surface area contributed by atoms with Crippen LogP contribution in [-0.2, 0) is 12.8 Å². The van der Waals surface area contributed by atoms with Gasteiger partial charge in [-0.25, -0.2) is 4.98 Å². The van der Waals surface area contributed by atoms with Crippen molar-refractivity contribution in [1.82, 2.24) is 19.7 Å². The van der Waals surface area contributed by atoms with Crippen molar-refractivity contribution >= 4 is 17.4 Å². The lowest BCUT2D eigenvalue weighted by atomic mass is 10.1. The number of fused-ring (bicyclic) bond motifs is 1. The maximum absolute atomic E-state index is 12.9. The molecule has 4 aromatic rings. The van der Waals surface area contributed by atoms with Crippen molar-refractivity contribution in [2.24, 2.45) is 0 Å². The average molecular weight is 446 g/mol. The summed E-state index contributed by atoms with van der Waals surface area (Å²) in [6, 6.07) is 9.22. The summed E-state index contributed by atoms with van der Waals surface area (Å²) in [5, 5.41) is 18.4. The molecule has 2 N–H and O–H groups in total. The van der Waals surface area contributed by atoms with Gasteiger partial charge in [-0.15, -0.1) is 0 Å². The SMILES string of the molecule is Cc1ccc(C(=O)Nc2cc(-c3ccco3)nn2-c2nc3c(c(=O)[nH]2)CCC3)cc1[N+](=O)[O-]. The first-order valence-electron chi connectivity index (χ1n) is 10.2. The Labute approximate surface area is 186 Å². The fourth-order valence-corrected chi connectivity index (χ4v) is 3.84. The molecule has 0 radical (unpaired) electrons. The molecule has 1 aliphatic rings. The standard InChI is InChI=1S/C22H18N6O5/c1-12-7-8-13(10-17(12)28(31)32)20(29)24-19-11-16(18-6-3-9-33-18)26-27(19)22-23-15-5-2-4-14(15)21(30)25-22/h3,6-11H,2,4-5H2,1H3,(H,24,29)(H,23,25,30). The highest BCUT2D eigenvalue weighted by atomic mass is 16.6. The van der Waals surface area contributed by atoms with Crippen LogP contribution >= 0.6 is 0 Å². The molecule has 11 heteroatoms. The van der Waals surface area contributed by atoms with Gasteiger partial charge < -0.3 is 9.73 Å². The minimum atomic E-state index is -0.575. The van der Waals surface area contributed by atoms with Crippen molar-refractivity contribution in [3.05, 3.63) is 85.5 Å². The Morgan fingerprint density at radius 3 is 2.88 bits per heavy atom. The van der Waals surface area contributed by atoms with Gasteiger partial charge in [-0.1, -0.05) is 6.07 Å². The number of hydrogen-bond donors (Lipinski definition) is 2. The van der Waals surface area contributed by atoms with Gasteiger partial charge in [0.1, 0.15) is 11.5 Å². The third-order valence-electron chi connectivity index (χ3n) is 5.52. The maximum atomic E-state index is 12.9. The zero-order valence-electron chi connectivity index (χ0n) is 17.5. The summed E-state index contributed by atoms with van der Waals surface area (Å²) in [4.78, 5) is 43.5. The Morgan fingerprint density at radius 1 is 1.27 bits per heavy atom. The number of carbonyl (C=O) groups is 1. The van der Waals surface area contributed by atoms with Gasteiger partial charge in [0, 0.05) is 28.8 Å². The van der Waals surface area contributed by atoms with Gasteiger partial charge >= 0.3 is 0 Å². The molecule has 33 heavy (non-hydrogen) atoms. The second kappa shape index (κ2) is 7.86. The fraction of sp³-hybridized carbons (Fsp3) is 0.182. The summed E-state index contributed by atoms with van der Waals surface area (Å²) in [6.45, 7) is 1.60. The first-order chi connectivity index (χ1) is 15.9. The molecular weight excluding hydrogens is 428 g/mol. The molecule has 1 aliphatic carbocycles. The number of nitrogens with one attached hydrogen (secondary N) is 2. The molecule has 0 saturated carbocycles. The summed E-state index contributed by atoms with van der Waals surface area (Å²) >= 11 is 0. The van der Waals surface area contributed by atoms with E-state index in [4.69, 9.17) is 4.42 Å². The van der Waals surface area contributed by atoms with E-state index >= 15 is 0 Å². The normalized spacial score (nSPS) is 12.5. The van der Waals surface area contributed by atoms with E-state index in [-0.39, 0.29) is 28.6 Å². The van der Waals surface area contributed by atoms with Crippen molar-refractivity contribution in [3.63, 3.8) is 0 Å². The van der Waals surface area contributed by atoms with Crippen LogP contribution in [0.25, 0.3) is 17.4 Å². The topological polar surface area (TPSA) is 149 Å². The van der Waals surface area contributed by atoms with Crippen LogP contribution in [-0.4, -0.2) is 30.6 Å². The fourth-order valence-electron chi connectivity index (χ4n) is 3.84. The Balaban J connectivity index is 1.57. The van der Waals surface area contributed by atoms with Crippen LogP contribution in [0.3, 0.4) is 0 Å². The summed E-state index contributed by atoms with van der Waals surface area (Å²) in [5.74, 6) is 0.256. The lowest BCUT2D eigenvalue weighted by Crippen LogP contribution is -2.21. The number of furan rings is 1. The van der Waals surface area contributed by atoms with E-state index in [9.17, 15) is 19.7 Å². The monoisotopic (exact) mass is 446 g/mol. The van der Waals surface area contributed by atoms with Crippen LogP contribution in [0.2, 0.25) is 0 Å². The number of aromatic amines is 1. The number of benzene rings is 1. The predicted molar refractivity (Wildman–Crippen MR) is 117 cm³/mol. The van der Waals surface area contributed by atoms with E-state index in [2.05, 4.69) is 20.4 Å². The minimum absolute atomic E-state index is 0.106. The molecule has 0 spiro atoms. The number of nitro groups is 1. The Kier molecular flexibility index (Phi) is 4.85. The Morgan fingerprint density at radius 2 is 2.12 bits per heavy atom. The number of rotatable bonds is 5. The van der Waals surface area contributed by atoms with E-state index in [0.717, 1.165) is 6.42 Å². The molecule has 11 nitrogen and oxygen atoms in total. The molecule has 0 aliphatic heterocycles. The third kappa shape index (κ3) is 3.69. The minimum Gasteiger partial charge on any atom is -0.463 e. The van der Waals surface area contributed by atoms with Crippen LogP contribution < -0.4 is 10.9 Å². The molecule has 1 amide bonds. The quantitative estimate of drug-likeness (QED) is 0.353. The molecule has 0 saturated heterocycles. The zero-order chi connectivity index (χ0) is 23.1. The van der Waals surface area contributed by atoms with E-state index in [1.165, 1.54) is 29.1 Å². The first kappa shape index (κ1) is 20.4. The number of amides is 1. The van der Waals surface area contributed by atoms with Crippen molar-refractivity contribution in [1.29, 1.82) is 0 Å². The number of aryl methyl sites for hydroxylation is 2. The molecule has 0 unspecified atom stereocenters. The second-order valence-corrected chi connectivity index (χ2v) is 7.68. The number of H-pyrrole nitrogens is 1. The van der Waals surface area contributed by atoms with Crippen molar-refractivity contribution in [3.8, 4) is 17.4 Å². The summed E-state index contributed by atoms with van der Waals surface area (Å²) in [6.07, 6.45) is 3.70. The van der Waals surface area contributed by atoms with Crippen molar-refractivity contribution in [2.75, 3.05) is 5.32 Å². The summed E-state index contributed by atoms with van der Waals surface area (Å²) < 4.78 is 6.73. The zero-order valence-corrected chi connectivity index (χ0v) is 17.5. The van der Waals surface area contributed by atoms with Crippen LogP contribution in [0.15, 0.2) is 51.9 Å². The third-order valence-corrected chi connectivity index (χ3v) is 5.52. The number of hydrogen-bond acceptors (Lipinski definition) is 7. The van der Waals surface area contributed by atoms with Crippen LogP contribution in [0.1, 0.15) is 33.6 Å². The van der Waals surface area contributed by atoms with Gasteiger partial charge in [0.25, 0.3) is 17.2 Å². The maximum Gasteiger partial charge on any atom is 0.273 e. The van der Waals surface area contributed by atoms with E-state index in [1.54, 1.807) is 25.1 Å². The summed E-state index contributed by atoms with van der Waals surface area (Å²) in [5.41, 5.74) is 1.93. The Hall–Kier alpha value is -4.54. The number of carbonyl (C=O) groups excluding carboxylic acids is 1. The molecule has 0 atom stereocenters. The van der Waals surface area contributed by atoms with Gasteiger partial charge in [0.05, 0.1) is 16.9 Å². The molecule has 0 fully saturated rings. The summed E-state index contributed by atoms with van der Waals surface area (Å²) in [7, 11) is 0. The lowest BCUT2D eigenvalue weighted by molar-refractivity contribution is -0.385. The van der Waals surface area contributed by atoms with E-state index < -0.39 is 10.8 Å². The predicted octanol–water partition coefficient (Wildman–Crippen LogP) is 3.17. The number of aromatic nitrogens is 4. The number of anilines is 1. The highest BCUT2D eigenvalue weighted by Crippen LogP contribution is 2.26. The Bertz CT molecular complexity index is 1450. The molecule has 5 rings (SSSR count). The van der Waals surface area contributed by atoms with E-state index in [1.807, 2.05) is 0 Å². The molecule has 1 aromatic carbocycles. The molecule has 3 heterocycles. The van der Waals surface area contributed by atoms with Crippen LogP contribution in [0.4, 0.5) is 11.5 Å². The van der Waals surface area contributed by atoms with Gasteiger partial charge in [-0.05, 0) is 44.4 Å².